The van der Waals surface area contributed by atoms with Crippen molar-refractivity contribution in [2.45, 2.75) is 19.9 Å². The molecule has 0 aliphatic carbocycles. The van der Waals surface area contributed by atoms with E-state index in [1.807, 2.05) is 0 Å². The van der Waals surface area contributed by atoms with Gasteiger partial charge in [0.15, 0.2) is 0 Å². The number of nitro benzene ring substituents is 1. The first-order chi connectivity index (χ1) is 8.21. The Balaban J connectivity index is 2.96. The summed E-state index contributed by atoms with van der Waals surface area (Å²) < 4.78 is 27.3. The van der Waals surface area contributed by atoms with E-state index in [1.165, 1.54) is 0 Å². The van der Waals surface area contributed by atoms with Crippen molar-refractivity contribution < 1.29 is 18.4 Å². The van der Waals surface area contributed by atoms with E-state index in [4.69, 9.17) is 0 Å². The molecule has 0 aromatic heterocycles. The molecule has 0 saturated heterocycles. The van der Waals surface area contributed by atoms with Crippen LogP contribution in [-0.4, -0.2) is 24.5 Å². The Hall–Kier alpha value is -1.87. The number of hydrogen-bond donors (Lipinski definition) is 3. The molecule has 0 unspecified atom stereocenters. The van der Waals surface area contributed by atoms with E-state index < -0.39 is 20.9 Å². The molecule has 1 aromatic rings. The fraction of sp³-hybridized carbons (Fsp3) is 0.333. The van der Waals surface area contributed by atoms with Gasteiger partial charge in [0.2, 0.25) is 0 Å². The Labute approximate surface area is 104 Å². The molecule has 0 atom stereocenters. The Morgan fingerprint density at radius 1 is 1.39 bits per heavy atom. The van der Waals surface area contributed by atoms with Crippen molar-refractivity contribution in [3.63, 3.8) is 0 Å². The van der Waals surface area contributed by atoms with E-state index in [-0.39, 0.29) is 17.4 Å². The van der Waals surface area contributed by atoms with E-state index in [9.17, 15) is 23.6 Å². The molecular weight excluding hydrogens is 262 g/mol. The molecule has 1 aromatic carbocycles. The van der Waals surface area contributed by atoms with Crippen LogP contribution in [0.25, 0.3) is 0 Å². The van der Waals surface area contributed by atoms with Crippen LogP contribution in [0.3, 0.4) is 0 Å². The summed E-state index contributed by atoms with van der Waals surface area (Å²) in [6, 6.07) is 2.76. The molecule has 8 nitrogen and oxygen atoms in total. The maximum absolute atomic E-state index is 11.5. The largest absolute Gasteiger partial charge is 0.505 e. The minimum absolute atomic E-state index is 0.131. The molecule has 100 valence electrons. The van der Waals surface area contributed by atoms with Crippen LogP contribution >= 0.6 is 0 Å². The van der Waals surface area contributed by atoms with Gasteiger partial charge in [0.25, 0.3) is 15.9 Å². The molecular formula is C9H13N3O5S. The Morgan fingerprint density at radius 3 is 2.44 bits per heavy atom. The monoisotopic (exact) mass is 275 g/mol. The van der Waals surface area contributed by atoms with Crippen LogP contribution in [0.5, 0.6) is 5.75 Å². The molecule has 0 saturated carbocycles. The van der Waals surface area contributed by atoms with E-state index >= 15 is 0 Å². The lowest BCUT2D eigenvalue weighted by atomic mass is 10.3. The predicted molar refractivity (Wildman–Crippen MR) is 65.6 cm³/mol. The van der Waals surface area contributed by atoms with Crippen molar-refractivity contribution in [3.8, 4) is 5.75 Å². The fourth-order valence-corrected chi connectivity index (χ4v) is 2.35. The third-order valence-corrected chi connectivity index (χ3v) is 3.10. The predicted octanol–water partition coefficient (Wildman–Crippen LogP) is 0.955. The van der Waals surface area contributed by atoms with Crippen LogP contribution in [0, 0.1) is 10.1 Å². The number of nitro groups is 1. The third kappa shape index (κ3) is 3.86. The number of aromatic hydroxyl groups is 1. The zero-order valence-electron chi connectivity index (χ0n) is 9.75. The fourth-order valence-electron chi connectivity index (χ4n) is 1.20. The molecule has 0 aliphatic heterocycles. The van der Waals surface area contributed by atoms with Gasteiger partial charge in [0.05, 0.1) is 16.7 Å². The highest BCUT2D eigenvalue weighted by Crippen LogP contribution is 2.28. The summed E-state index contributed by atoms with van der Waals surface area (Å²) in [5.74, 6) is -0.515. The number of benzene rings is 1. The number of rotatable bonds is 5. The highest BCUT2D eigenvalue weighted by atomic mass is 32.2. The lowest BCUT2D eigenvalue weighted by Crippen LogP contribution is -2.35. The van der Waals surface area contributed by atoms with E-state index in [2.05, 4.69) is 9.44 Å². The minimum Gasteiger partial charge on any atom is -0.505 e. The first kappa shape index (κ1) is 14.2. The van der Waals surface area contributed by atoms with Gasteiger partial charge in [-0.1, -0.05) is 0 Å². The Bertz CT molecular complexity index is 555. The summed E-state index contributed by atoms with van der Waals surface area (Å²) in [5, 5.41) is 19.9. The van der Waals surface area contributed by atoms with Gasteiger partial charge in [0, 0.05) is 12.1 Å². The van der Waals surface area contributed by atoms with Crippen LogP contribution < -0.4 is 9.44 Å². The molecule has 9 heteroatoms. The van der Waals surface area contributed by atoms with E-state index in [0.717, 1.165) is 18.2 Å². The lowest BCUT2D eigenvalue weighted by molar-refractivity contribution is -0.384. The lowest BCUT2D eigenvalue weighted by Gasteiger charge is -2.12. The number of nitrogens with zero attached hydrogens (tertiary/aromatic N) is 1. The highest BCUT2D eigenvalue weighted by molar-refractivity contribution is 7.90. The highest BCUT2D eigenvalue weighted by Gasteiger charge is 2.16. The Morgan fingerprint density at radius 2 is 2.00 bits per heavy atom. The second-order valence-corrected chi connectivity index (χ2v) is 5.28. The summed E-state index contributed by atoms with van der Waals surface area (Å²) in [5.41, 5.74) is -0.457. The molecule has 0 amide bonds. The standard InChI is InChI=1S/C9H13N3O5S/c1-6(2)10-18(16,17)11-8-4-3-7(12(14)15)5-9(8)13/h3-6,10-11,13H,1-2H3. The zero-order chi connectivity index (χ0) is 13.9. The summed E-state index contributed by atoms with van der Waals surface area (Å²) >= 11 is 0. The SMILES string of the molecule is CC(C)NS(=O)(=O)Nc1ccc([N+](=O)[O-])cc1O. The third-order valence-electron chi connectivity index (χ3n) is 1.83. The number of phenols is 1. The van der Waals surface area contributed by atoms with Crippen LogP contribution in [0.1, 0.15) is 13.8 Å². The van der Waals surface area contributed by atoms with Gasteiger partial charge in [-0.25, -0.2) is 0 Å². The molecule has 0 radical (unpaired) electrons. The maximum atomic E-state index is 11.5. The maximum Gasteiger partial charge on any atom is 0.299 e. The van der Waals surface area contributed by atoms with E-state index in [0.29, 0.717) is 0 Å². The van der Waals surface area contributed by atoms with Gasteiger partial charge in [-0.15, -0.1) is 0 Å². The van der Waals surface area contributed by atoms with Crippen LogP contribution in [0.2, 0.25) is 0 Å². The molecule has 0 spiro atoms. The van der Waals surface area contributed by atoms with Crippen molar-refractivity contribution in [3.05, 3.63) is 28.3 Å². The average Bonchev–Trinajstić information content (AvgIpc) is 2.18. The number of non-ortho nitro benzene ring substituents is 1. The molecule has 0 bridgehead atoms. The van der Waals surface area contributed by atoms with Gasteiger partial charge < -0.3 is 5.11 Å². The molecule has 3 N–H and O–H groups in total. The topological polar surface area (TPSA) is 122 Å². The van der Waals surface area contributed by atoms with Crippen LogP contribution in [-0.2, 0) is 10.2 Å². The quantitative estimate of drug-likeness (QED) is 0.419. The van der Waals surface area contributed by atoms with Crippen LogP contribution in [0.15, 0.2) is 18.2 Å². The zero-order valence-corrected chi connectivity index (χ0v) is 10.6. The molecule has 18 heavy (non-hydrogen) atoms. The first-order valence-corrected chi connectivity index (χ1v) is 6.47. The second-order valence-electron chi connectivity index (χ2n) is 3.84. The van der Waals surface area contributed by atoms with Crippen molar-refractivity contribution in [2.75, 3.05) is 4.72 Å². The number of hydrogen-bond acceptors (Lipinski definition) is 5. The average molecular weight is 275 g/mol. The van der Waals surface area contributed by atoms with Crippen LogP contribution in [0.4, 0.5) is 11.4 Å². The van der Waals surface area contributed by atoms with Crippen molar-refractivity contribution in [2.24, 2.45) is 0 Å². The van der Waals surface area contributed by atoms with Gasteiger partial charge in [-0.2, -0.15) is 13.1 Å². The normalized spacial score (nSPS) is 11.5. The first-order valence-electron chi connectivity index (χ1n) is 4.99. The molecule has 1 rings (SSSR count). The van der Waals surface area contributed by atoms with Crippen molar-refractivity contribution >= 4 is 21.6 Å². The Kier molecular flexibility index (Phi) is 4.09. The van der Waals surface area contributed by atoms with Gasteiger partial charge in [-0.05, 0) is 19.9 Å². The minimum atomic E-state index is -3.82. The molecule has 0 heterocycles. The smallest absolute Gasteiger partial charge is 0.299 e. The summed E-state index contributed by atoms with van der Waals surface area (Å²) in [4.78, 5) is 9.75. The van der Waals surface area contributed by atoms with Gasteiger partial charge in [0.1, 0.15) is 5.75 Å². The number of anilines is 1. The summed E-state index contributed by atoms with van der Waals surface area (Å²) in [7, 11) is -3.82. The van der Waals surface area contributed by atoms with Crippen molar-refractivity contribution in [1.29, 1.82) is 0 Å². The van der Waals surface area contributed by atoms with E-state index in [1.54, 1.807) is 13.8 Å². The second kappa shape index (κ2) is 5.19. The number of phenolic OH excluding ortho intramolecular Hbond substituents is 1. The number of nitrogens with one attached hydrogen (secondary N) is 2. The summed E-state index contributed by atoms with van der Waals surface area (Å²) in [6.45, 7) is 3.27. The van der Waals surface area contributed by atoms with Gasteiger partial charge >= 0.3 is 0 Å². The molecule has 0 aliphatic rings. The summed E-state index contributed by atoms with van der Waals surface area (Å²) in [6.07, 6.45) is 0. The van der Waals surface area contributed by atoms with Gasteiger partial charge in [-0.3, -0.25) is 14.8 Å². The molecule has 0 fully saturated rings. The van der Waals surface area contributed by atoms with Crippen molar-refractivity contribution in [1.82, 2.24) is 4.72 Å².